The fourth-order valence-electron chi connectivity index (χ4n) is 0.537. The zero-order valence-electron chi connectivity index (χ0n) is 6.49. The summed E-state index contributed by atoms with van der Waals surface area (Å²) in [5.41, 5.74) is 0. The van der Waals surface area contributed by atoms with Crippen molar-refractivity contribution >= 4 is 21.1 Å². The van der Waals surface area contributed by atoms with Gasteiger partial charge >= 0.3 is 81.6 Å². The maximum absolute atomic E-state index is 12.2. The van der Waals surface area contributed by atoms with Crippen LogP contribution in [0, 0.1) is 0 Å². The first-order valence-corrected chi connectivity index (χ1v) is 7.54. The predicted molar refractivity (Wildman–Crippen MR) is 37.2 cm³/mol. The Morgan fingerprint density at radius 1 is 0.692 bits per heavy atom. The van der Waals surface area contributed by atoms with Gasteiger partial charge in [-0.05, 0) is 0 Å². The Morgan fingerprint density at radius 2 is 1.00 bits per heavy atom. The van der Waals surface area contributed by atoms with Crippen LogP contribution in [0.15, 0.2) is 0 Å². The molecule has 2 radical (unpaired) electrons. The van der Waals surface area contributed by atoms with E-state index < -0.39 is 55.2 Å². The summed E-state index contributed by atoms with van der Waals surface area (Å²) in [5, 5.41) is 0. The molecule has 0 saturated heterocycles. The Labute approximate surface area is 81.9 Å². The van der Waals surface area contributed by atoms with Crippen LogP contribution in [-0.4, -0.2) is 46.3 Å². The van der Waals surface area contributed by atoms with Crippen molar-refractivity contribution in [2.45, 2.75) is 34.1 Å². The first-order valence-electron chi connectivity index (χ1n) is 3.50. The third-order valence-corrected chi connectivity index (χ3v) is 5.10. The van der Waals surface area contributed by atoms with Gasteiger partial charge in [-0.2, -0.15) is 0 Å². The van der Waals surface area contributed by atoms with E-state index in [-0.39, 0.29) is 0 Å². The summed E-state index contributed by atoms with van der Waals surface area (Å²) >= 11 is -1.74. The second kappa shape index (κ2) is 6.78. The topological polar surface area (TPSA) is 0 Å². The zero-order valence-corrected chi connectivity index (χ0v) is 9.35. The minimum atomic E-state index is -3.08. The number of rotatable bonds is 6. The standard InChI is InChI=1S/2C3H4F3.Sn/c2*1-2(4)3(5)6;/h2*2-3H,1H2;. The van der Waals surface area contributed by atoms with Crippen molar-refractivity contribution in [2.24, 2.45) is 0 Å². The van der Waals surface area contributed by atoms with Crippen LogP contribution in [0.25, 0.3) is 0 Å². The summed E-state index contributed by atoms with van der Waals surface area (Å²) < 4.78 is 69.6. The number of hydrogen-bond acceptors (Lipinski definition) is 0. The monoisotopic (exact) mass is 314 g/mol. The number of hydrogen-bond donors (Lipinski definition) is 0. The van der Waals surface area contributed by atoms with E-state index in [2.05, 4.69) is 0 Å². The average Bonchev–Trinajstić information content (AvgIpc) is 2.03. The van der Waals surface area contributed by atoms with E-state index in [1.165, 1.54) is 0 Å². The molecule has 0 bridgehead atoms. The zero-order chi connectivity index (χ0) is 10.4. The van der Waals surface area contributed by atoms with Crippen LogP contribution in [0.1, 0.15) is 0 Å². The summed E-state index contributed by atoms with van der Waals surface area (Å²) in [4.78, 5) is 0. The van der Waals surface area contributed by atoms with Gasteiger partial charge in [0.2, 0.25) is 0 Å². The number of alkyl halides is 6. The van der Waals surface area contributed by atoms with Gasteiger partial charge in [-0.1, -0.05) is 0 Å². The number of halogens is 6. The molecule has 0 fully saturated rings. The second-order valence-electron chi connectivity index (χ2n) is 2.36. The van der Waals surface area contributed by atoms with Gasteiger partial charge in [-0.25, -0.2) is 0 Å². The Morgan fingerprint density at radius 3 is 1.23 bits per heavy atom. The molecule has 78 valence electrons. The van der Waals surface area contributed by atoms with Gasteiger partial charge in [0.1, 0.15) is 0 Å². The van der Waals surface area contributed by atoms with Crippen LogP contribution < -0.4 is 0 Å². The Bertz CT molecular complexity index is 116. The van der Waals surface area contributed by atoms with Gasteiger partial charge in [0, 0.05) is 0 Å². The fraction of sp³-hybridized carbons (Fsp3) is 1.00. The van der Waals surface area contributed by atoms with Crippen molar-refractivity contribution in [3.8, 4) is 0 Å². The molecule has 0 aromatic rings. The summed E-state index contributed by atoms with van der Waals surface area (Å²) in [5.74, 6) is 0. The van der Waals surface area contributed by atoms with Crippen LogP contribution in [0.3, 0.4) is 0 Å². The van der Waals surface area contributed by atoms with E-state index in [1.54, 1.807) is 0 Å². The molecule has 0 aliphatic rings. The Hall–Kier alpha value is 0.379. The molecule has 0 aliphatic carbocycles. The molecule has 0 nitrogen and oxygen atoms in total. The second-order valence-corrected chi connectivity index (χ2v) is 6.12. The molecule has 2 atom stereocenters. The van der Waals surface area contributed by atoms with Crippen LogP contribution in [0.5, 0.6) is 0 Å². The quantitative estimate of drug-likeness (QED) is 0.522. The van der Waals surface area contributed by atoms with Gasteiger partial charge in [-0.3, -0.25) is 0 Å². The van der Waals surface area contributed by atoms with E-state index in [4.69, 9.17) is 0 Å². The molecule has 2 unspecified atom stereocenters. The van der Waals surface area contributed by atoms with E-state index in [1.807, 2.05) is 0 Å². The molecule has 0 amide bonds. The molecular formula is C6H8F6Sn. The molecule has 0 aromatic carbocycles. The van der Waals surface area contributed by atoms with E-state index in [0.29, 0.717) is 0 Å². The van der Waals surface area contributed by atoms with Gasteiger partial charge < -0.3 is 0 Å². The first-order chi connectivity index (χ1) is 5.95. The third-order valence-electron chi connectivity index (χ3n) is 1.23. The van der Waals surface area contributed by atoms with E-state index >= 15 is 0 Å². The molecule has 0 aliphatic heterocycles. The van der Waals surface area contributed by atoms with Gasteiger partial charge in [0.05, 0.1) is 0 Å². The van der Waals surface area contributed by atoms with Crippen LogP contribution in [0.2, 0.25) is 8.87 Å². The Balaban J connectivity index is 3.45. The van der Waals surface area contributed by atoms with Gasteiger partial charge in [0.15, 0.2) is 0 Å². The Kier molecular flexibility index (Phi) is 6.97. The van der Waals surface area contributed by atoms with Gasteiger partial charge in [0.25, 0.3) is 0 Å². The third kappa shape index (κ3) is 6.45. The summed E-state index contributed by atoms with van der Waals surface area (Å²) in [6.07, 6.45) is -10.7. The fourth-order valence-corrected chi connectivity index (χ4v) is 3.60. The predicted octanol–water partition coefficient (Wildman–Crippen LogP) is 2.73. The molecule has 0 N–H and O–H groups in total. The van der Waals surface area contributed by atoms with E-state index in [0.717, 1.165) is 0 Å². The molecule has 0 saturated carbocycles. The van der Waals surface area contributed by atoms with Crippen molar-refractivity contribution in [1.82, 2.24) is 0 Å². The van der Waals surface area contributed by atoms with Crippen molar-refractivity contribution in [3.63, 3.8) is 0 Å². The average molecular weight is 313 g/mol. The molecule has 13 heavy (non-hydrogen) atoms. The molecule has 0 rings (SSSR count). The molecule has 0 aromatic heterocycles. The van der Waals surface area contributed by atoms with Gasteiger partial charge in [-0.15, -0.1) is 0 Å². The van der Waals surface area contributed by atoms with Crippen molar-refractivity contribution < 1.29 is 26.3 Å². The summed E-state index contributed by atoms with van der Waals surface area (Å²) in [6.45, 7) is 0. The molecular weight excluding hydrogens is 305 g/mol. The van der Waals surface area contributed by atoms with Crippen LogP contribution in [-0.2, 0) is 0 Å². The summed E-state index contributed by atoms with van der Waals surface area (Å²) in [7, 11) is 0. The maximum atomic E-state index is 12.2. The molecule has 0 spiro atoms. The minimum absolute atomic E-state index is 0.409. The summed E-state index contributed by atoms with van der Waals surface area (Å²) in [6, 6.07) is 0. The molecule has 0 heterocycles. The van der Waals surface area contributed by atoms with Crippen molar-refractivity contribution in [2.75, 3.05) is 0 Å². The molecule has 7 heteroatoms. The van der Waals surface area contributed by atoms with Crippen LogP contribution in [0.4, 0.5) is 26.3 Å². The van der Waals surface area contributed by atoms with Crippen molar-refractivity contribution in [1.29, 1.82) is 0 Å². The normalized spacial score (nSPS) is 16.6. The SMILES string of the molecule is FC(F)C(F)[CH2][Sn][CH2]C(F)C(F)F. The van der Waals surface area contributed by atoms with Crippen LogP contribution >= 0.6 is 0 Å². The van der Waals surface area contributed by atoms with Crippen molar-refractivity contribution in [3.05, 3.63) is 0 Å². The first kappa shape index (κ1) is 13.4. The van der Waals surface area contributed by atoms with E-state index in [9.17, 15) is 26.3 Å².